The fourth-order valence-corrected chi connectivity index (χ4v) is 1.30. The molecule has 0 saturated heterocycles. The van der Waals surface area contributed by atoms with Crippen molar-refractivity contribution in [3.8, 4) is 12.3 Å². The summed E-state index contributed by atoms with van der Waals surface area (Å²) < 4.78 is 21.0. The van der Waals surface area contributed by atoms with Gasteiger partial charge in [-0.3, -0.25) is 4.90 Å². The highest BCUT2D eigenvalue weighted by Crippen LogP contribution is 1.89. The molecule has 12 heavy (non-hydrogen) atoms. The summed E-state index contributed by atoms with van der Waals surface area (Å²) in [6.07, 6.45) is 5.58. The molecule has 0 unspecified atom stereocenters. The lowest BCUT2D eigenvalue weighted by Gasteiger charge is -2.11. The van der Waals surface area contributed by atoms with E-state index in [9.17, 15) is 8.42 Å². The van der Waals surface area contributed by atoms with Crippen LogP contribution in [-0.2, 0) is 10.0 Å². The average molecular weight is 190 g/mol. The second-order valence-corrected chi connectivity index (χ2v) is 4.40. The normalized spacial score (nSPS) is 11.5. The van der Waals surface area contributed by atoms with E-state index in [1.165, 1.54) is 0 Å². The Morgan fingerprint density at radius 2 is 2.17 bits per heavy atom. The van der Waals surface area contributed by atoms with Crippen LogP contribution in [0.15, 0.2) is 0 Å². The summed E-state index contributed by atoms with van der Waals surface area (Å²) in [5.74, 6) is 2.48. The van der Waals surface area contributed by atoms with E-state index in [1.807, 2.05) is 11.9 Å². The van der Waals surface area contributed by atoms with Crippen molar-refractivity contribution in [3.63, 3.8) is 0 Å². The fraction of sp³-hybridized carbons (Fsp3) is 0.714. The molecule has 4 nitrogen and oxygen atoms in total. The number of hydrogen-bond donors (Lipinski definition) is 1. The predicted molar refractivity (Wildman–Crippen MR) is 48.9 cm³/mol. The Kier molecular flexibility index (Phi) is 4.90. The van der Waals surface area contributed by atoms with E-state index in [-0.39, 0.29) is 5.75 Å². The third kappa shape index (κ3) is 7.54. The monoisotopic (exact) mass is 190 g/mol. The Balaban J connectivity index is 3.52. The third-order valence-corrected chi connectivity index (χ3v) is 2.19. The van der Waals surface area contributed by atoms with Crippen molar-refractivity contribution in [2.24, 2.45) is 5.14 Å². The standard InChI is InChI=1S/C7H14N2O2S/c1-3-5-9(2)6-4-7-12(8,10)11/h1H,4-7H2,2H3,(H2,8,10,11). The highest BCUT2D eigenvalue weighted by atomic mass is 32.2. The van der Waals surface area contributed by atoms with Gasteiger partial charge in [0.25, 0.3) is 0 Å². The first kappa shape index (κ1) is 11.4. The van der Waals surface area contributed by atoms with Crippen LogP contribution in [-0.4, -0.2) is 39.2 Å². The van der Waals surface area contributed by atoms with Crippen molar-refractivity contribution < 1.29 is 8.42 Å². The molecule has 0 heterocycles. The van der Waals surface area contributed by atoms with Crippen LogP contribution < -0.4 is 5.14 Å². The Labute approximate surface area is 73.8 Å². The van der Waals surface area contributed by atoms with Gasteiger partial charge in [0.05, 0.1) is 12.3 Å². The van der Waals surface area contributed by atoms with Gasteiger partial charge in [0.15, 0.2) is 0 Å². The van der Waals surface area contributed by atoms with Crippen molar-refractivity contribution in [1.29, 1.82) is 0 Å². The van der Waals surface area contributed by atoms with Gasteiger partial charge in [-0.25, -0.2) is 13.6 Å². The topological polar surface area (TPSA) is 63.4 Å². The minimum absolute atomic E-state index is 0.0158. The van der Waals surface area contributed by atoms with Crippen LogP contribution in [0.5, 0.6) is 0 Å². The Morgan fingerprint density at radius 1 is 1.58 bits per heavy atom. The van der Waals surface area contributed by atoms with Crippen LogP contribution in [0.25, 0.3) is 0 Å². The summed E-state index contributed by atoms with van der Waals surface area (Å²) in [6.45, 7) is 1.19. The highest BCUT2D eigenvalue weighted by Gasteiger charge is 2.02. The third-order valence-electron chi connectivity index (χ3n) is 1.33. The molecule has 0 rings (SSSR count). The minimum Gasteiger partial charge on any atom is -0.295 e. The molecular formula is C7H14N2O2S. The van der Waals surface area contributed by atoms with Gasteiger partial charge in [0.2, 0.25) is 10.0 Å². The van der Waals surface area contributed by atoms with Crippen LogP contribution in [0.3, 0.4) is 0 Å². The zero-order valence-corrected chi connectivity index (χ0v) is 7.97. The van der Waals surface area contributed by atoms with Crippen molar-refractivity contribution in [3.05, 3.63) is 0 Å². The Bertz CT molecular complexity index is 253. The molecule has 0 aromatic rings. The van der Waals surface area contributed by atoms with Gasteiger partial charge >= 0.3 is 0 Å². The molecule has 0 aliphatic carbocycles. The average Bonchev–Trinajstić information content (AvgIpc) is 1.84. The number of primary sulfonamides is 1. The first-order chi connectivity index (χ1) is 5.45. The summed E-state index contributed by atoms with van der Waals surface area (Å²) in [6, 6.07) is 0. The van der Waals surface area contributed by atoms with Gasteiger partial charge in [0, 0.05) is 0 Å². The summed E-state index contributed by atoms with van der Waals surface area (Å²) in [4.78, 5) is 1.87. The summed E-state index contributed by atoms with van der Waals surface area (Å²) in [5, 5.41) is 4.81. The second-order valence-electron chi connectivity index (χ2n) is 2.66. The molecule has 0 aromatic heterocycles. The highest BCUT2D eigenvalue weighted by molar-refractivity contribution is 7.89. The zero-order chi connectivity index (χ0) is 9.61. The van der Waals surface area contributed by atoms with E-state index < -0.39 is 10.0 Å². The first-order valence-corrected chi connectivity index (χ1v) is 5.30. The van der Waals surface area contributed by atoms with Crippen molar-refractivity contribution >= 4 is 10.0 Å². The lowest BCUT2D eigenvalue weighted by atomic mass is 10.4. The SMILES string of the molecule is C#CCN(C)CCCS(N)(=O)=O. The minimum atomic E-state index is -3.31. The molecule has 0 saturated carbocycles. The van der Waals surface area contributed by atoms with Gasteiger partial charge in [0.1, 0.15) is 0 Å². The first-order valence-electron chi connectivity index (χ1n) is 3.58. The largest absolute Gasteiger partial charge is 0.295 e. The van der Waals surface area contributed by atoms with E-state index in [2.05, 4.69) is 5.92 Å². The molecule has 0 aliphatic rings. The van der Waals surface area contributed by atoms with Crippen LogP contribution in [0.2, 0.25) is 0 Å². The predicted octanol–water partition coefficient (Wildman–Crippen LogP) is -0.770. The van der Waals surface area contributed by atoms with Gasteiger partial charge in [-0.15, -0.1) is 6.42 Å². The summed E-state index contributed by atoms with van der Waals surface area (Å²) in [5.41, 5.74) is 0. The maximum absolute atomic E-state index is 10.5. The van der Waals surface area contributed by atoms with Crippen molar-refractivity contribution in [2.75, 3.05) is 25.9 Å². The van der Waals surface area contributed by atoms with Gasteiger partial charge in [-0.1, -0.05) is 5.92 Å². The number of nitrogens with zero attached hydrogens (tertiary/aromatic N) is 1. The molecule has 0 spiro atoms. The zero-order valence-electron chi connectivity index (χ0n) is 7.16. The summed E-state index contributed by atoms with van der Waals surface area (Å²) >= 11 is 0. The lowest BCUT2D eigenvalue weighted by Crippen LogP contribution is -2.24. The van der Waals surface area contributed by atoms with Crippen molar-refractivity contribution in [1.82, 2.24) is 4.90 Å². The van der Waals surface area contributed by atoms with Crippen LogP contribution >= 0.6 is 0 Å². The molecule has 5 heteroatoms. The molecule has 0 bridgehead atoms. The number of rotatable bonds is 5. The summed E-state index contributed by atoms with van der Waals surface area (Å²) in [7, 11) is -1.48. The molecule has 0 aliphatic heterocycles. The van der Waals surface area contributed by atoms with E-state index in [0.717, 1.165) is 0 Å². The molecule has 70 valence electrons. The van der Waals surface area contributed by atoms with E-state index in [0.29, 0.717) is 19.5 Å². The van der Waals surface area contributed by atoms with Crippen LogP contribution in [0, 0.1) is 12.3 Å². The molecule has 0 fully saturated rings. The molecule has 0 amide bonds. The lowest BCUT2D eigenvalue weighted by molar-refractivity contribution is 0.376. The quantitative estimate of drug-likeness (QED) is 0.579. The maximum atomic E-state index is 10.5. The number of terminal acetylenes is 1. The van der Waals surface area contributed by atoms with Crippen LogP contribution in [0.4, 0.5) is 0 Å². The van der Waals surface area contributed by atoms with Gasteiger partial charge in [-0.05, 0) is 20.0 Å². The maximum Gasteiger partial charge on any atom is 0.209 e. The number of hydrogen-bond acceptors (Lipinski definition) is 3. The molecular weight excluding hydrogens is 176 g/mol. The van der Waals surface area contributed by atoms with Gasteiger partial charge in [-0.2, -0.15) is 0 Å². The Hall–Kier alpha value is -0.570. The smallest absolute Gasteiger partial charge is 0.209 e. The molecule has 0 aromatic carbocycles. The molecule has 0 radical (unpaired) electrons. The second kappa shape index (κ2) is 5.14. The van der Waals surface area contributed by atoms with E-state index >= 15 is 0 Å². The van der Waals surface area contributed by atoms with Crippen molar-refractivity contribution in [2.45, 2.75) is 6.42 Å². The van der Waals surface area contributed by atoms with Crippen LogP contribution in [0.1, 0.15) is 6.42 Å². The molecule has 0 atom stereocenters. The number of nitrogens with two attached hydrogens (primary N) is 1. The molecule has 2 N–H and O–H groups in total. The fourth-order valence-electron chi connectivity index (χ4n) is 0.771. The van der Waals surface area contributed by atoms with E-state index in [4.69, 9.17) is 11.6 Å². The van der Waals surface area contributed by atoms with E-state index in [1.54, 1.807) is 0 Å². The van der Waals surface area contributed by atoms with Gasteiger partial charge < -0.3 is 0 Å². The number of sulfonamides is 1. The Morgan fingerprint density at radius 3 is 2.58 bits per heavy atom.